The highest BCUT2D eigenvalue weighted by molar-refractivity contribution is 8.18. The highest BCUT2D eigenvalue weighted by Gasteiger charge is 2.36. The Labute approximate surface area is 185 Å². The van der Waals surface area contributed by atoms with Crippen LogP contribution in [-0.2, 0) is 20.9 Å². The second kappa shape index (κ2) is 10.2. The first kappa shape index (κ1) is 22.4. The van der Waals surface area contributed by atoms with Crippen LogP contribution in [0, 0.1) is 6.92 Å². The second-order valence-electron chi connectivity index (χ2n) is 6.76. The lowest BCUT2D eigenvalue weighted by Crippen LogP contribution is -2.34. The van der Waals surface area contributed by atoms with Gasteiger partial charge >= 0.3 is 5.97 Å². The molecule has 1 aliphatic heterocycles. The summed E-state index contributed by atoms with van der Waals surface area (Å²) in [5.74, 6) is -0.0640. The first-order valence-electron chi connectivity index (χ1n) is 9.68. The lowest BCUT2D eigenvalue weighted by atomic mass is 10.1. The zero-order chi connectivity index (χ0) is 22.4. The van der Waals surface area contributed by atoms with Crippen LogP contribution in [0.5, 0.6) is 11.5 Å². The predicted octanol–water partition coefficient (Wildman–Crippen LogP) is 4.18. The number of rotatable bonds is 8. The summed E-state index contributed by atoms with van der Waals surface area (Å²) < 4.78 is 16.2. The lowest BCUT2D eigenvalue weighted by Gasteiger charge is -2.13. The van der Waals surface area contributed by atoms with E-state index in [1.54, 1.807) is 24.3 Å². The lowest BCUT2D eigenvalue weighted by molar-refractivity contribution is -0.143. The molecule has 31 heavy (non-hydrogen) atoms. The van der Waals surface area contributed by atoms with Gasteiger partial charge in [0.2, 0.25) is 0 Å². The number of carbonyl (C=O) groups excluding carboxylic acids is 3. The zero-order valence-electron chi connectivity index (χ0n) is 17.5. The van der Waals surface area contributed by atoms with E-state index < -0.39 is 23.7 Å². The van der Waals surface area contributed by atoms with Gasteiger partial charge in [-0.25, -0.2) is 0 Å². The summed E-state index contributed by atoms with van der Waals surface area (Å²) in [6, 6.07) is 13.4. The Morgan fingerprint density at radius 3 is 2.48 bits per heavy atom. The Morgan fingerprint density at radius 1 is 1.06 bits per heavy atom. The number of benzene rings is 2. The molecule has 0 aliphatic carbocycles. The maximum Gasteiger partial charge on any atom is 0.325 e. The van der Waals surface area contributed by atoms with Crippen molar-refractivity contribution in [2.45, 2.75) is 20.5 Å². The van der Waals surface area contributed by atoms with Gasteiger partial charge in [0, 0.05) is 0 Å². The molecule has 0 N–H and O–H groups in total. The minimum absolute atomic E-state index is 0.227. The predicted molar refractivity (Wildman–Crippen MR) is 118 cm³/mol. The van der Waals surface area contributed by atoms with E-state index in [0.29, 0.717) is 30.3 Å². The molecule has 1 fully saturated rings. The van der Waals surface area contributed by atoms with Gasteiger partial charge in [0.05, 0.1) is 18.6 Å². The summed E-state index contributed by atoms with van der Waals surface area (Å²) in [5.41, 5.74) is 2.89. The minimum atomic E-state index is -0.655. The van der Waals surface area contributed by atoms with Crippen LogP contribution in [0.15, 0.2) is 47.4 Å². The van der Waals surface area contributed by atoms with Crippen LogP contribution in [0.3, 0.4) is 0 Å². The van der Waals surface area contributed by atoms with Crippen molar-refractivity contribution in [3.05, 3.63) is 64.1 Å². The fourth-order valence-electron chi connectivity index (χ4n) is 2.83. The van der Waals surface area contributed by atoms with Gasteiger partial charge in [-0.15, -0.1) is 0 Å². The number of aryl methyl sites for hydroxylation is 1. The van der Waals surface area contributed by atoms with Crippen LogP contribution in [0.4, 0.5) is 4.79 Å². The molecule has 2 aromatic carbocycles. The number of thioether (sulfide) groups is 1. The third kappa shape index (κ3) is 5.67. The number of nitrogens with zero attached hydrogens (tertiary/aromatic N) is 1. The molecule has 8 heteroatoms. The molecule has 2 aromatic rings. The molecule has 162 valence electrons. The van der Waals surface area contributed by atoms with Crippen LogP contribution >= 0.6 is 11.8 Å². The summed E-state index contributed by atoms with van der Waals surface area (Å²) in [5, 5.41) is -0.510. The first-order valence-corrected chi connectivity index (χ1v) is 10.5. The molecule has 1 aliphatic rings. The molecule has 0 unspecified atom stereocenters. The highest BCUT2D eigenvalue weighted by atomic mass is 32.2. The van der Waals surface area contributed by atoms with Crippen LogP contribution in [0.1, 0.15) is 23.6 Å². The van der Waals surface area contributed by atoms with E-state index in [2.05, 4.69) is 4.74 Å². The molecule has 0 aromatic heterocycles. The topological polar surface area (TPSA) is 82.1 Å². The van der Waals surface area contributed by atoms with E-state index in [1.807, 2.05) is 38.1 Å². The number of amides is 2. The molecular formula is C23H23NO6S. The number of carbonyl (C=O) groups is 3. The number of hydrogen-bond acceptors (Lipinski definition) is 7. The Balaban J connectivity index is 1.77. The molecule has 1 heterocycles. The molecule has 0 atom stereocenters. The van der Waals surface area contributed by atoms with Crippen molar-refractivity contribution in [2.75, 3.05) is 20.3 Å². The smallest absolute Gasteiger partial charge is 0.325 e. The van der Waals surface area contributed by atoms with Gasteiger partial charge in [-0.05, 0) is 54.9 Å². The SMILES string of the molecule is CCOc1cc(/C=C2\SC(=O)N(CC(=O)OC)C2=O)ccc1OCc1ccc(C)cc1. The van der Waals surface area contributed by atoms with E-state index in [4.69, 9.17) is 9.47 Å². The Bertz CT molecular complexity index is 1020. The van der Waals surface area contributed by atoms with Crippen molar-refractivity contribution in [1.29, 1.82) is 0 Å². The molecule has 2 amide bonds. The standard InChI is InChI=1S/C23H23NO6S/c1-4-29-19-11-17(9-10-18(19)30-14-16-7-5-15(2)6-8-16)12-20-22(26)24(23(27)31-20)13-21(25)28-3/h5-12H,4,13-14H2,1-3H3/b20-12-. The largest absolute Gasteiger partial charge is 0.490 e. The fourth-order valence-corrected chi connectivity index (χ4v) is 3.67. The molecule has 3 rings (SSSR count). The van der Waals surface area contributed by atoms with Gasteiger partial charge in [-0.3, -0.25) is 19.3 Å². The van der Waals surface area contributed by atoms with Gasteiger partial charge in [0.1, 0.15) is 13.2 Å². The Hall–Kier alpha value is -3.26. The van der Waals surface area contributed by atoms with Gasteiger partial charge < -0.3 is 14.2 Å². The summed E-state index contributed by atoms with van der Waals surface area (Å²) in [4.78, 5) is 37.1. The van der Waals surface area contributed by atoms with Crippen LogP contribution in [0.25, 0.3) is 6.08 Å². The Morgan fingerprint density at radius 2 is 1.81 bits per heavy atom. The number of ether oxygens (including phenoxy) is 3. The maximum absolute atomic E-state index is 12.5. The van der Waals surface area contributed by atoms with Gasteiger partial charge in [-0.1, -0.05) is 35.9 Å². The van der Waals surface area contributed by atoms with E-state index in [1.165, 1.54) is 12.7 Å². The van der Waals surface area contributed by atoms with Crippen molar-refractivity contribution >= 4 is 35.0 Å². The average Bonchev–Trinajstić information content (AvgIpc) is 3.01. The van der Waals surface area contributed by atoms with Gasteiger partial charge in [0.25, 0.3) is 11.1 Å². The minimum Gasteiger partial charge on any atom is -0.490 e. The van der Waals surface area contributed by atoms with Crippen molar-refractivity contribution in [3.8, 4) is 11.5 Å². The number of hydrogen-bond donors (Lipinski definition) is 0. The van der Waals surface area contributed by atoms with E-state index in [-0.39, 0.29) is 4.91 Å². The number of esters is 1. The van der Waals surface area contributed by atoms with E-state index in [9.17, 15) is 14.4 Å². The maximum atomic E-state index is 12.5. The number of methoxy groups -OCH3 is 1. The summed E-state index contributed by atoms with van der Waals surface area (Å²) in [6.07, 6.45) is 1.59. The molecule has 7 nitrogen and oxygen atoms in total. The third-order valence-electron chi connectivity index (χ3n) is 4.47. The summed E-state index contributed by atoms with van der Waals surface area (Å²) in [7, 11) is 1.20. The van der Waals surface area contributed by atoms with Gasteiger partial charge in [-0.2, -0.15) is 0 Å². The normalized spacial score (nSPS) is 14.8. The van der Waals surface area contributed by atoms with Crippen LogP contribution < -0.4 is 9.47 Å². The van der Waals surface area contributed by atoms with Crippen molar-refractivity contribution < 1.29 is 28.6 Å². The van der Waals surface area contributed by atoms with Crippen molar-refractivity contribution in [3.63, 3.8) is 0 Å². The second-order valence-corrected chi connectivity index (χ2v) is 7.75. The fraction of sp³-hybridized carbons (Fsp3) is 0.261. The van der Waals surface area contributed by atoms with E-state index in [0.717, 1.165) is 22.2 Å². The molecule has 0 radical (unpaired) electrons. The highest BCUT2D eigenvalue weighted by Crippen LogP contribution is 2.35. The van der Waals surface area contributed by atoms with Crippen molar-refractivity contribution in [1.82, 2.24) is 4.90 Å². The number of imide groups is 1. The monoisotopic (exact) mass is 441 g/mol. The van der Waals surface area contributed by atoms with Crippen LogP contribution in [-0.4, -0.2) is 42.3 Å². The van der Waals surface area contributed by atoms with Gasteiger partial charge in [0.15, 0.2) is 11.5 Å². The molecule has 0 spiro atoms. The third-order valence-corrected chi connectivity index (χ3v) is 5.38. The first-order chi connectivity index (χ1) is 14.9. The quantitative estimate of drug-likeness (QED) is 0.449. The molecule has 1 saturated heterocycles. The van der Waals surface area contributed by atoms with Crippen LogP contribution in [0.2, 0.25) is 0 Å². The summed E-state index contributed by atoms with van der Waals surface area (Å²) in [6.45, 7) is 4.33. The van der Waals surface area contributed by atoms with Crippen molar-refractivity contribution in [2.24, 2.45) is 0 Å². The molecule has 0 bridgehead atoms. The summed E-state index contributed by atoms with van der Waals surface area (Å²) >= 11 is 0.780. The van der Waals surface area contributed by atoms with E-state index >= 15 is 0 Å². The zero-order valence-corrected chi connectivity index (χ0v) is 18.4. The Kier molecular flexibility index (Phi) is 7.36. The molecular weight excluding hydrogens is 418 g/mol. The molecule has 0 saturated carbocycles. The average molecular weight is 442 g/mol.